The Morgan fingerprint density at radius 3 is 2.75 bits per heavy atom. The molecular formula is C11H20O. The molecule has 2 unspecified atom stereocenters. The Morgan fingerprint density at radius 1 is 1.50 bits per heavy atom. The summed E-state index contributed by atoms with van der Waals surface area (Å²) in [6.07, 6.45) is 8.36. The molecule has 70 valence electrons. The molecule has 0 radical (unpaired) electrons. The minimum absolute atomic E-state index is 0.0545. The maximum atomic E-state index is 11.0. The molecule has 1 aliphatic carbocycles. The standard InChI is InChI=1S/C11H20O/c1-3-10-6-5-7-11(4-2,8-10)9-12/h9-10H,3-8H2,1-2H3. The van der Waals surface area contributed by atoms with Gasteiger partial charge >= 0.3 is 0 Å². The first-order valence-electron chi connectivity index (χ1n) is 5.22. The Bertz CT molecular complexity index is 153. The second-order valence-electron chi connectivity index (χ2n) is 4.20. The van der Waals surface area contributed by atoms with Crippen LogP contribution in [0.5, 0.6) is 0 Å². The Balaban J connectivity index is 2.58. The number of hydrogen-bond donors (Lipinski definition) is 0. The fourth-order valence-corrected chi connectivity index (χ4v) is 2.38. The van der Waals surface area contributed by atoms with Gasteiger partial charge in [0.15, 0.2) is 0 Å². The van der Waals surface area contributed by atoms with Gasteiger partial charge in [-0.05, 0) is 25.2 Å². The molecule has 0 amide bonds. The summed E-state index contributed by atoms with van der Waals surface area (Å²) in [5.74, 6) is 0.809. The third-order valence-corrected chi connectivity index (χ3v) is 3.51. The molecule has 1 aliphatic rings. The van der Waals surface area contributed by atoms with Gasteiger partial charge in [0.25, 0.3) is 0 Å². The summed E-state index contributed by atoms with van der Waals surface area (Å²) < 4.78 is 0. The van der Waals surface area contributed by atoms with E-state index in [-0.39, 0.29) is 5.41 Å². The molecule has 1 rings (SSSR count). The van der Waals surface area contributed by atoms with Crippen molar-refractivity contribution in [2.75, 3.05) is 0 Å². The third kappa shape index (κ3) is 1.88. The lowest BCUT2D eigenvalue weighted by molar-refractivity contribution is -0.119. The maximum absolute atomic E-state index is 11.0. The van der Waals surface area contributed by atoms with Gasteiger partial charge in [0.1, 0.15) is 6.29 Å². The van der Waals surface area contributed by atoms with Crippen LogP contribution in [0.4, 0.5) is 0 Å². The van der Waals surface area contributed by atoms with Crippen molar-refractivity contribution in [3.05, 3.63) is 0 Å². The minimum atomic E-state index is 0.0545. The van der Waals surface area contributed by atoms with E-state index in [9.17, 15) is 4.79 Å². The van der Waals surface area contributed by atoms with Crippen LogP contribution in [0, 0.1) is 11.3 Å². The van der Waals surface area contributed by atoms with E-state index in [0.29, 0.717) is 0 Å². The van der Waals surface area contributed by atoms with Crippen LogP contribution < -0.4 is 0 Å². The van der Waals surface area contributed by atoms with Crippen molar-refractivity contribution in [1.82, 2.24) is 0 Å². The maximum Gasteiger partial charge on any atom is 0.126 e. The van der Waals surface area contributed by atoms with Crippen LogP contribution in [0.1, 0.15) is 52.4 Å². The summed E-state index contributed by atoms with van der Waals surface area (Å²) in [6.45, 7) is 4.38. The highest BCUT2D eigenvalue weighted by Gasteiger charge is 2.33. The quantitative estimate of drug-likeness (QED) is 0.591. The van der Waals surface area contributed by atoms with Crippen LogP contribution in [0.15, 0.2) is 0 Å². The number of carbonyl (C=O) groups is 1. The Labute approximate surface area is 75.5 Å². The molecule has 1 fully saturated rings. The second kappa shape index (κ2) is 4.06. The van der Waals surface area contributed by atoms with E-state index in [2.05, 4.69) is 13.8 Å². The largest absolute Gasteiger partial charge is 0.303 e. The summed E-state index contributed by atoms with van der Waals surface area (Å²) in [6, 6.07) is 0. The molecule has 0 heterocycles. The molecule has 1 heteroatoms. The Morgan fingerprint density at radius 2 is 2.25 bits per heavy atom. The number of hydrogen-bond acceptors (Lipinski definition) is 1. The zero-order valence-electron chi connectivity index (χ0n) is 8.31. The summed E-state index contributed by atoms with van der Waals surface area (Å²) in [5, 5.41) is 0. The highest BCUT2D eigenvalue weighted by molar-refractivity contribution is 5.59. The van der Waals surface area contributed by atoms with Gasteiger partial charge in [-0.15, -0.1) is 0 Å². The molecule has 0 N–H and O–H groups in total. The van der Waals surface area contributed by atoms with Crippen LogP contribution in [0.25, 0.3) is 0 Å². The molecule has 0 aliphatic heterocycles. The van der Waals surface area contributed by atoms with Gasteiger partial charge in [0.2, 0.25) is 0 Å². The van der Waals surface area contributed by atoms with Crippen LogP contribution in [0.2, 0.25) is 0 Å². The van der Waals surface area contributed by atoms with E-state index in [1.54, 1.807) is 0 Å². The molecular weight excluding hydrogens is 148 g/mol. The monoisotopic (exact) mass is 168 g/mol. The van der Waals surface area contributed by atoms with E-state index in [1.165, 1.54) is 25.5 Å². The van der Waals surface area contributed by atoms with Crippen molar-refractivity contribution in [3.63, 3.8) is 0 Å². The number of aldehydes is 1. The molecule has 0 saturated heterocycles. The minimum Gasteiger partial charge on any atom is -0.303 e. The van der Waals surface area contributed by atoms with Crippen molar-refractivity contribution in [1.29, 1.82) is 0 Å². The third-order valence-electron chi connectivity index (χ3n) is 3.51. The fraction of sp³-hybridized carbons (Fsp3) is 0.909. The lowest BCUT2D eigenvalue weighted by Gasteiger charge is -2.35. The van der Waals surface area contributed by atoms with Crippen molar-refractivity contribution in [3.8, 4) is 0 Å². The Kier molecular flexibility index (Phi) is 3.30. The number of rotatable bonds is 3. The van der Waals surface area contributed by atoms with Gasteiger partial charge in [0.05, 0.1) is 0 Å². The lowest BCUT2D eigenvalue weighted by Crippen LogP contribution is -2.29. The van der Waals surface area contributed by atoms with Gasteiger partial charge in [-0.3, -0.25) is 0 Å². The van der Waals surface area contributed by atoms with Crippen molar-refractivity contribution in [2.45, 2.75) is 52.4 Å². The highest BCUT2D eigenvalue weighted by Crippen LogP contribution is 2.41. The van der Waals surface area contributed by atoms with Crippen LogP contribution >= 0.6 is 0 Å². The fourth-order valence-electron chi connectivity index (χ4n) is 2.38. The van der Waals surface area contributed by atoms with E-state index in [1.807, 2.05) is 0 Å². The van der Waals surface area contributed by atoms with Gasteiger partial charge in [-0.25, -0.2) is 0 Å². The van der Waals surface area contributed by atoms with E-state index < -0.39 is 0 Å². The molecule has 0 aromatic carbocycles. The van der Waals surface area contributed by atoms with Gasteiger partial charge in [-0.2, -0.15) is 0 Å². The van der Waals surface area contributed by atoms with E-state index in [4.69, 9.17) is 0 Å². The molecule has 0 spiro atoms. The first-order chi connectivity index (χ1) is 5.76. The van der Waals surface area contributed by atoms with Crippen molar-refractivity contribution < 1.29 is 4.79 Å². The molecule has 12 heavy (non-hydrogen) atoms. The Hall–Kier alpha value is -0.330. The van der Waals surface area contributed by atoms with Crippen LogP contribution in [0.3, 0.4) is 0 Å². The molecule has 1 saturated carbocycles. The zero-order chi connectivity index (χ0) is 9.03. The predicted molar refractivity (Wildman–Crippen MR) is 51.0 cm³/mol. The van der Waals surface area contributed by atoms with Gasteiger partial charge < -0.3 is 4.79 Å². The van der Waals surface area contributed by atoms with Crippen LogP contribution in [-0.4, -0.2) is 6.29 Å². The highest BCUT2D eigenvalue weighted by atomic mass is 16.1. The number of carbonyl (C=O) groups excluding carboxylic acids is 1. The smallest absolute Gasteiger partial charge is 0.126 e. The van der Waals surface area contributed by atoms with Gasteiger partial charge in [-0.1, -0.05) is 33.1 Å². The van der Waals surface area contributed by atoms with Crippen molar-refractivity contribution >= 4 is 6.29 Å². The summed E-state index contributed by atoms with van der Waals surface area (Å²) in [4.78, 5) is 11.0. The first-order valence-corrected chi connectivity index (χ1v) is 5.22. The predicted octanol–water partition coefficient (Wildman–Crippen LogP) is 3.18. The topological polar surface area (TPSA) is 17.1 Å². The summed E-state index contributed by atoms with van der Waals surface area (Å²) >= 11 is 0. The van der Waals surface area contributed by atoms with E-state index >= 15 is 0 Å². The van der Waals surface area contributed by atoms with Gasteiger partial charge in [0, 0.05) is 5.41 Å². The lowest BCUT2D eigenvalue weighted by atomic mass is 9.68. The summed E-state index contributed by atoms with van der Waals surface area (Å²) in [7, 11) is 0. The average Bonchev–Trinajstić information content (AvgIpc) is 2.18. The average molecular weight is 168 g/mol. The second-order valence-corrected chi connectivity index (χ2v) is 4.20. The van der Waals surface area contributed by atoms with E-state index in [0.717, 1.165) is 25.2 Å². The first kappa shape index (κ1) is 9.76. The SMILES string of the molecule is CCC1CCCC(C=O)(CC)C1. The molecule has 2 atom stereocenters. The molecule has 1 nitrogen and oxygen atoms in total. The van der Waals surface area contributed by atoms with Crippen molar-refractivity contribution in [2.24, 2.45) is 11.3 Å². The molecule has 0 bridgehead atoms. The summed E-state index contributed by atoms with van der Waals surface area (Å²) in [5.41, 5.74) is 0.0545. The molecule has 0 aromatic rings. The zero-order valence-corrected chi connectivity index (χ0v) is 8.31. The van der Waals surface area contributed by atoms with Crippen LogP contribution in [-0.2, 0) is 4.79 Å². The normalized spacial score (nSPS) is 36.3. The molecule has 0 aromatic heterocycles.